The average Bonchev–Trinajstić information content (AvgIpc) is 2.64. The van der Waals surface area contributed by atoms with Crippen molar-refractivity contribution < 1.29 is 32.6 Å². The highest BCUT2D eigenvalue weighted by Crippen LogP contribution is 2.33. The predicted octanol–water partition coefficient (Wildman–Crippen LogP) is 0.833. The number of primary amides is 1. The topological polar surface area (TPSA) is 123 Å². The van der Waals surface area contributed by atoms with Gasteiger partial charge in [-0.05, 0) is 37.4 Å². The van der Waals surface area contributed by atoms with Crippen molar-refractivity contribution >= 4 is 29.1 Å². The molecule has 164 valence electrons. The van der Waals surface area contributed by atoms with E-state index in [1.165, 1.54) is 23.1 Å². The molecule has 4 N–H and O–H groups in total. The third-order valence-electron chi connectivity index (χ3n) is 5.10. The van der Waals surface area contributed by atoms with Crippen molar-refractivity contribution in [1.82, 2.24) is 5.32 Å². The van der Waals surface area contributed by atoms with E-state index < -0.39 is 30.4 Å². The molecule has 0 bridgehead atoms. The van der Waals surface area contributed by atoms with Crippen LogP contribution in [0.25, 0.3) is 0 Å². The molecule has 1 aromatic carbocycles. The van der Waals surface area contributed by atoms with E-state index in [0.717, 1.165) is 19.3 Å². The Labute approximate surface area is 171 Å². The summed E-state index contributed by atoms with van der Waals surface area (Å²) in [5, 5.41) is 5.34. The molecule has 0 aromatic heterocycles. The van der Waals surface area contributed by atoms with Gasteiger partial charge in [0.05, 0.1) is 12.3 Å². The van der Waals surface area contributed by atoms with Crippen LogP contribution < -0.4 is 26.0 Å². The van der Waals surface area contributed by atoms with Crippen LogP contribution in [-0.2, 0) is 19.1 Å². The molecule has 1 aliphatic heterocycles. The van der Waals surface area contributed by atoms with Gasteiger partial charge in [-0.25, -0.2) is 0 Å². The van der Waals surface area contributed by atoms with Gasteiger partial charge in [-0.15, -0.1) is 0 Å². The minimum atomic E-state index is -3.13. The number of alkyl halides is 2. The summed E-state index contributed by atoms with van der Waals surface area (Å²) >= 11 is 0. The zero-order valence-corrected chi connectivity index (χ0v) is 16.2. The molecular weight excluding hydrogens is 402 g/mol. The Morgan fingerprint density at radius 1 is 1.33 bits per heavy atom. The molecular formula is C19H24F2N4O5. The van der Waals surface area contributed by atoms with Crippen LogP contribution in [0.1, 0.15) is 19.3 Å². The fraction of sp³-hybridized carbons (Fsp3) is 0.526. The highest BCUT2D eigenvalue weighted by molar-refractivity contribution is 6.09. The van der Waals surface area contributed by atoms with E-state index in [9.17, 15) is 23.2 Å². The lowest BCUT2D eigenvalue weighted by Crippen LogP contribution is -2.51. The second-order valence-corrected chi connectivity index (χ2v) is 7.19. The fourth-order valence-electron chi connectivity index (χ4n) is 3.30. The summed E-state index contributed by atoms with van der Waals surface area (Å²) in [6, 6.07) is 2.73. The van der Waals surface area contributed by atoms with Gasteiger partial charge in [0.1, 0.15) is 6.61 Å². The first-order valence-corrected chi connectivity index (χ1v) is 9.65. The number of ether oxygens (including phenoxy) is 2. The van der Waals surface area contributed by atoms with Crippen molar-refractivity contribution in [2.75, 3.05) is 36.5 Å². The molecule has 3 rings (SSSR count). The van der Waals surface area contributed by atoms with Gasteiger partial charge >= 0.3 is 6.61 Å². The van der Waals surface area contributed by atoms with Crippen LogP contribution in [0.3, 0.4) is 0 Å². The minimum Gasteiger partial charge on any atom is -0.433 e. The molecule has 1 saturated heterocycles. The van der Waals surface area contributed by atoms with E-state index in [1.807, 2.05) is 0 Å². The molecule has 1 heterocycles. The highest BCUT2D eigenvalue weighted by Gasteiger charge is 2.28. The summed E-state index contributed by atoms with van der Waals surface area (Å²) < 4.78 is 35.4. The van der Waals surface area contributed by atoms with Gasteiger partial charge in [-0.3, -0.25) is 19.7 Å². The number of nitrogens with zero attached hydrogens (tertiary/aromatic N) is 1. The molecule has 1 aromatic rings. The van der Waals surface area contributed by atoms with Gasteiger partial charge in [0.25, 0.3) is 11.8 Å². The maximum absolute atomic E-state index is 12.9. The van der Waals surface area contributed by atoms with Gasteiger partial charge in [-0.1, -0.05) is 6.42 Å². The molecule has 1 aliphatic carbocycles. The number of anilines is 2. The molecule has 1 atom stereocenters. The lowest BCUT2D eigenvalue weighted by Gasteiger charge is -2.29. The number of nitrogens with two attached hydrogens (primary N) is 1. The number of rotatable bonds is 9. The smallest absolute Gasteiger partial charge is 0.387 e. The number of hydrogen-bond acceptors (Lipinski definition) is 6. The average molecular weight is 426 g/mol. The maximum Gasteiger partial charge on any atom is 0.387 e. The number of halogens is 2. The summed E-state index contributed by atoms with van der Waals surface area (Å²) in [4.78, 5) is 37.5. The Kier molecular flexibility index (Phi) is 7.16. The van der Waals surface area contributed by atoms with Crippen molar-refractivity contribution in [1.29, 1.82) is 0 Å². The van der Waals surface area contributed by atoms with Crippen molar-refractivity contribution in [3.8, 4) is 5.75 Å². The Balaban J connectivity index is 1.74. The van der Waals surface area contributed by atoms with Crippen LogP contribution in [-0.4, -0.2) is 56.7 Å². The SMILES string of the molecule is NC(=O)[C@H](NCC1CCC1)C(=O)Nc1ccc(N2CCOCC2=O)c(OC(F)F)c1. The highest BCUT2D eigenvalue weighted by atomic mass is 19.3. The lowest BCUT2D eigenvalue weighted by atomic mass is 9.85. The lowest BCUT2D eigenvalue weighted by molar-refractivity contribution is -0.128. The van der Waals surface area contributed by atoms with Gasteiger partial charge in [0.15, 0.2) is 11.8 Å². The first kappa shape index (κ1) is 21.9. The molecule has 2 aliphatic rings. The van der Waals surface area contributed by atoms with Gasteiger partial charge in [0.2, 0.25) is 5.91 Å². The summed E-state index contributed by atoms with van der Waals surface area (Å²) in [6.07, 6.45) is 3.16. The van der Waals surface area contributed by atoms with Gasteiger partial charge in [0, 0.05) is 18.3 Å². The number of benzene rings is 1. The van der Waals surface area contributed by atoms with Crippen LogP contribution in [0, 0.1) is 5.92 Å². The first-order chi connectivity index (χ1) is 14.3. The van der Waals surface area contributed by atoms with E-state index in [1.54, 1.807) is 0 Å². The number of nitrogens with one attached hydrogen (secondary N) is 2. The Morgan fingerprint density at radius 3 is 2.70 bits per heavy atom. The summed E-state index contributed by atoms with van der Waals surface area (Å²) in [6.45, 7) is -2.38. The fourth-order valence-corrected chi connectivity index (χ4v) is 3.30. The molecule has 1 saturated carbocycles. The molecule has 11 heteroatoms. The molecule has 9 nitrogen and oxygen atoms in total. The summed E-state index contributed by atoms with van der Waals surface area (Å²) in [5.41, 5.74) is 5.58. The predicted molar refractivity (Wildman–Crippen MR) is 103 cm³/mol. The summed E-state index contributed by atoms with van der Waals surface area (Å²) in [5.74, 6) is -1.83. The molecule has 3 amide bonds. The van der Waals surface area contributed by atoms with Gasteiger partial charge < -0.3 is 25.4 Å². The molecule has 0 unspecified atom stereocenters. The van der Waals surface area contributed by atoms with Crippen LogP contribution in [0.4, 0.5) is 20.2 Å². The maximum atomic E-state index is 12.9. The van der Waals surface area contributed by atoms with E-state index in [0.29, 0.717) is 12.5 Å². The second-order valence-electron chi connectivity index (χ2n) is 7.19. The van der Waals surface area contributed by atoms with E-state index >= 15 is 0 Å². The first-order valence-electron chi connectivity index (χ1n) is 9.65. The largest absolute Gasteiger partial charge is 0.433 e. The third kappa shape index (κ3) is 5.42. The monoisotopic (exact) mass is 426 g/mol. The van der Waals surface area contributed by atoms with Crippen molar-refractivity contribution in [3.63, 3.8) is 0 Å². The normalized spacial score (nSPS) is 18.1. The number of carbonyl (C=O) groups is 3. The minimum absolute atomic E-state index is 0.122. The number of amides is 3. The Bertz CT molecular complexity index is 803. The number of morpholine rings is 1. The van der Waals surface area contributed by atoms with Crippen molar-refractivity contribution in [2.45, 2.75) is 31.9 Å². The third-order valence-corrected chi connectivity index (χ3v) is 5.10. The number of hydrogen-bond donors (Lipinski definition) is 3. The Hall–Kier alpha value is -2.79. The second kappa shape index (κ2) is 9.81. The van der Waals surface area contributed by atoms with Gasteiger partial charge in [-0.2, -0.15) is 8.78 Å². The quantitative estimate of drug-likeness (QED) is 0.503. The van der Waals surface area contributed by atoms with Crippen LogP contribution >= 0.6 is 0 Å². The van der Waals surface area contributed by atoms with Crippen LogP contribution in [0.15, 0.2) is 18.2 Å². The molecule has 30 heavy (non-hydrogen) atoms. The molecule has 0 spiro atoms. The molecule has 2 fully saturated rings. The van der Waals surface area contributed by atoms with Crippen molar-refractivity contribution in [2.24, 2.45) is 11.7 Å². The van der Waals surface area contributed by atoms with Crippen molar-refractivity contribution in [3.05, 3.63) is 18.2 Å². The van der Waals surface area contributed by atoms with Crippen LogP contribution in [0.5, 0.6) is 5.75 Å². The zero-order valence-electron chi connectivity index (χ0n) is 16.2. The standard InChI is InChI=1S/C19H24F2N4O5/c20-19(21)30-14-8-12(4-5-13(14)25-6-7-29-10-15(25)26)24-18(28)16(17(22)27)23-9-11-2-1-3-11/h4-5,8,11,16,19,23H,1-3,6-7,9-10H2,(H2,22,27)(H,24,28)/t16-/m0/s1. The van der Waals surface area contributed by atoms with Crippen LogP contribution in [0.2, 0.25) is 0 Å². The zero-order chi connectivity index (χ0) is 21.7. The van der Waals surface area contributed by atoms with E-state index in [-0.39, 0.29) is 36.9 Å². The summed E-state index contributed by atoms with van der Waals surface area (Å²) in [7, 11) is 0. The van der Waals surface area contributed by atoms with E-state index in [4.69, 9.17) is 10.5 Å². The number of carbonyl (C=O) groups excluding carboxylic acids is 3. The Morgan fingerprint density at radius 2 is 2.10 bits per heavy atom. The van der Waals surface area contributed by atoms with E-state index in [2.05, 4.69) is 15.4 Å². The molecule has 0 radical (unpaired) electrons.